The van der Waals surface area contributed by atoms with Gasteiger partial charge >= 0.3 is 0 Å². The lowest BCUT2D eigenvalue weighted by molar-refractivity contribution is 0.112. The molecule has 0 bridgehead atoms. The molecule has 0 aromatic carbocycles. The van der Waals surface area contributed by atoms with Gasteiger partial charge in [-0.25, -0.2) is 0 Å². The lowest BCUT2D eigenvalue weighted by Gasteiger charge is -1.94. The minimum absolute atomic E-state index is 0.696. The highest BCUT2D eigenvalue weighted by atomic mass is 32.1. The number of hydrogen-bond donors (Lipinski definition) is 0. The predicted molar refractivity (Wildman–Crippen MR) is 70.8 cm³/mol. The molecule has 17 heavy (non-hydrogen) atoms. The van der Waals surface area contributed by atoms with Gasteiger partial charge in [0.2, 0.25) is 0 Å². The summed E-state index contributed by atoms with van der Waals surface area (Å²) >= 11 is 1.78. The third-order valence-corrected chi connectivity index (χ3v) is 3.83. The second-order valence-electron chi connectivity index (χ2n) is 4.05. The van der Waals surface area contributed by atoms with Gasteiger partial charge in [0, 0.05) is 38.8 Å². The highest BCUT2D eigenvalue weighted by Crippen LogP contribution is 2.29. The SMILES string of the molecule is Cc1ccc(-c2cc3ccc(C=O)cn3c2)s1. The third kappa shape index (κ3) is 1.78. The standard InChI is InChI=1S/C14H11NOS/c1-10-2-5-14(17-10)12-6-13-4-3-11(9-16)7-15(13)8-12/h2-9H,1H3. The summed E-state index contributed by atoms with van der Waals surface area (Å²) in [5.41, 5.74) is 3.00. The van der Waals surface area contributed by atoms with Crippen molar-refractivity contribution in [3.63, 3.8) is 0 Å². The zero-order valence-electron chi connectivity index (χ0n) is 9.38. The number of pyridine rings is 1. The summed E-state index contributed by atoms with van der Waals surface area (Å²) < 4.78 is 1.99. The topological polar surface area (TPSA) is 21.5 Å². The van der Waals surface area contributed by atoms with Crippen LogP contribution in [0.25, 0.3) is 16.0 Å². The average molecular weight is 241 g/mol. The minimum Gasteiger partial charge on any atom is -0.322 e. The van der Waals surface area contributed by atoms with E-state index in [0.29, 0.717) is 5.56 Å². The molecule has 0 aliphatic rings. The predicted octanol–water partition coefficient (Wildman–Crippen LogP) is 3.79. The molecule has 0 saturated carbocycles. The van der Waals surface area contributed by atoms with Gasteiger partial charge in [0.25, 0.3) is 0 Å². The molecule has 3 heterocycles. The molecule has 0 atom stereocenters. The van der Waals surface area contributed by atoms with E-state index in [0.717, 1.165) is 11.8 Å². The van der Waals surface area contributed by atoms with E-state index in [4.69, 9.17) is 0 Å². The fraction of sp³-hybridized carbons (Fsp3) is 0.0714. The molecule has 0 unspecified atom stereocenters. The summed E-state index contributed by atoms with van der Waals surface area (Å²) in [7, 11) is 0. The maximum absolute atomic E-state index is 10.7. The third-order valence-electron chi connectivity index (χ3n) is 2.78. The van der Waals surface area contributed by atoms with Crippen LogP contribution in [0.1, 0.15) is 15.2 Å². The van der Waals surface area contributed by atoms with E-state index in [1.54, 1.807) is 11.3 Å². The molecule has 0 fully saturated rings. The maximum Gasteiger partial charge on any atom is 0.151 e. The number of nitrogens with zero attached hydrogens (tertiary/aromatic N) is 1. The van der Waals surface area contributed by atoms with E-state index in [1.807, 2.05) is 22.7 Å². The first-order chi connectivity index (χ1) is 8.26. The number of carbonyl (C=O) groups excluding carboxylic acids is 1. The van der Waals surface area contributed by atoms with Crippen molar-refractivity contribution in [1.29, 1.82) is 0 Å². The monoisotopic (exact) mass is 241 g/mol. The molecule has 2 nitrogen and oxygen atoms in total. The molecule has 3 rings (SSSR count). The summed E-state index contributed by atoms with van der Waals surface area (Å²) in [5, 5.41) is 0. The van der Waals surface area contributed by atoms with Crippen molar-refractivity contribution < 1.29 is 4.79 Å². The minimum atomic E-state index is 0.696. The van der Waals surface area contributed by atoms with Crippen LogP contribution in [-0.2, 0) is 0 Å². The quantitative estimate of drug-likeness (QED) is 0.625. The van der Waals surface area contributed by atoms with E-state index in [2.05, 4.69) is 31.3 Å². The number of aromatic nitrogens is 1. The number of aldehydes is 1. The Labute approximate surface area is 103 Å². The van der Waals surface area contributed by atoms with Crippen molar-refractivity contribution in [2.45, 2.75) is 6.92 Å². The molecule has 3 heteroatoms. The van der Waals surface area contributed by atoms with Gasteiger partial charge in [0.15, 0.2) is 6.29 Å². The van der Waals surface area contributed by atoms with Crippen molar-refractivity contribution in [2.24, 2.45) is 0 Å². The lowest BCUT2D eigenvalue weighted by Crippen LogP contribution is -1.85. The van der Waals surface area contributed by atoms with Crippen molar-refractivity contribution in [2.75, 3.05) is 0 Å². The Bertz CT molecular complexity index is 693. The van der Waals surface area contributed by atoms with Gasteiger partial charge < -0.3 is 4.40 Å². The van der Waals surface area contributed by atoms with E-state index in [1.165, 1.54) is 15.3 Å². The molecule has 0 spiro atoms. The Morgan fingerprint density at radius 3 is 2.76 bits per heavy atom. The van der Waals surface area contributed by atoms with Gasteiger partial charge in [-0.3, -0.25) is 4.79 Å². The zero-order valence-corrected chi connectivity index (χ0v) is 10.2. The molecular weight excluding hydrogens is 230 g/mol. The Hall–Kier alpha value is -1.87. The van der Waals surface area contributed by atoms with Gasteiger partial charge in [0.1, 0.15) is 0 Å². The smallest absolute Gasteiger partial charge is 0.151 e. The Kier molecular flexibility index (Phi) is 2.34. The van der Waals surface area contributed by atoms with Gasteiger partial charge in [-0.1, -0.05) is 0 Å². The molecule has 0 aliphatic heterocycles. The normalized spacial score (nSPS) is 10.9. The van der Waals surface area contributed by atoms with Crippen LogP contribution in [0.15, 0.2) is 42.7 Å². The Balaban J connectivity index is 2.16. The second-order valence-corrected chi connectivity index (χ2v) is 5.34. The molecule has 3 aromatic heterocycles. The fourth-order valence-corrected chi connectivity index (χ4v) is 2.77. The highest BCUT2D eigenvalue weighted by Gasteiger charge is 2.04. The van der Waals surface area contributed by atoms with Crippen LogP contribution in [0, 0.1) is 6.92 Å². The molecule has 0 amide bonds. The van der Waals surface area contributed by atoms with Crippen LogP contribution in [0.5, 0.6) is 0 Å². The molecule has 0 aliphatic carbocycles. The van der Waals surface area contributed by atoms with Gasteiger partial charge in [-0.15, -0.1) is 11.3 Å². The van der Waals surface area contributed by atoms with Crippen LogP contribution < -0.4 is 0 Å². The van der Waals surface area contributed by atoms with Gasteiger partial charge in [0.05, 0.1) is 0 Å². The zero-order chi connectivity index (χ0) is 11.8. The van der Waals surface area contributed by atoms with E-state index < -0.39 is 0 Å². The van der Waals surface area contributed by atoms with Crippen LogP contribution in [0.2, 0.25) is 0 Å². The van der Waals surface area contributed by atoms with E-state index in [-0.39, 0.29) is 0 Å². The summed E-state index contributed by atoms with van der Waals surface area (Å²) in [6, 6.07) is 10.2. The van der Waals surface area contributed by atoms with Crippen molar-refractivity contribution in [3.8, 4) is 10.4 Å². The van der Waals surface area contributed by atoms with Gasteiger partial charge in [-0.2, -0.15) is 0 Å². The van der Waals surface area contributed by atoms with Crippen LogP contribution in [0.4, 0.5) is 0 Å². The number of fused-ring (bicyclic) bond motifs is 1. The summed E-state index contributed by atoms with van der Waals surface area (Å²) in [6.07, 6.45) is 4.79. The first-order valence-corrected chi connectivity index (χ1v) is 6.22. The molecular formula is C14H11NOS. The van der Waals surface area contributed by atoms with Gasteiger partial charge in [-0.05, 0) is 37.3 Å². The van der Waals surface area contributed by atoms with Crippen molar-refractivity contribution in [1.82, 2.24) is 4.40 Å². The number of rotatable bonds is 2. The molecule has 3 aromatic rings. The Morgan fingerprint density at radius 1 is 1.18 bits per heavy atom. The summed E-state index contributed by atoms with van der Waals surface area (Å²) in [4.78, 5) is 13.3. The highest BCUT2D eigenvalue weighted by molar-refractivity contribution is 7.15. The number of hydrogen-bond acceptors (Lipinski definition) is 2. The molecule has 0 N–H and O–H groups in total. The lowest BCUT2D eigenvalue weighted by atomic mass is 10.2. The van der Waals surface area contributed by atoms with Crippen molar-refractivity contribution >= 4 is 23.1 Å². The Morgan fingerprint density at radius 2 is 2.06 bits per heavy atom. The largest absolute Gasteiger partial charge is 0.322 e. The van der Waals surface area contributed by atoms with E-state index >= 15 is 0 Å². The maximum atomic E-state index is 10.7. The second kappa shape index (κ2) is 3.86. The number of aryl methyl sites for hydroxylation is 1. The average Bonchev–Trinajstić information content (AvgIpc) is 2.93. The summed E-state index contributed by atoms with van der Waals surface area (Å²) in [6.45, 7) is 2.11. The van der Waals surface area contributed by atoms with Crippen LogP contribution in [-0.4, -0.2) is 10.7 Å². The number of carbonyl (C=O) groups is 1. The van der Waals surface area contributed by atoms with Crippen LogP contribution >= 0.6 is 11.3 Å². The molecule has 84 valence electrons. The fourth-order valence-electron chi connectivity index (χ4n) is 1.92. The summed E-state index contributed by atoms with van der Waals surface area (Å²) in [5.74, 6) is 0. The first-order valence-electron chi connectivity index (χ1n) is 5.40. The first kappa shape index (κ1) is 10.3. The van der Waals surface area contributed by atoms with Crippen molar-refractivity contribution in [3.05, 3.63) is 53.2 Å². The van der Waals surface area contributed by atoms with Crippen LogP contribution in [0.3, 0.4) is 0 Å². The molecule has 0 radical (unpaired) electrons. The number of thiophene rings is 1. The van der Waals surface area contributed by atoms with E-state index in [9.17, 15) is 4.79 Å². The molecule has 0 saturated heterocycles.